The van der Waals surface area contributed by atoms with Crippen molar-refractivity contribution >= 4 is 40.2 Å². The number of halogens is 1. The van der Waals surface area contributed by atoms with Crippen molar-refractivity contribution in [3.63, 3.8) is 0 Å². The molecule has 2 aromatic rings. The standard InChI is InChI=1S/C20H23IN2O3/c1-3-26-19-13-15(12-18(21)20(19)24-2)14-22-16-4-6-17(7-5-16)23-8-10-25-11-9-23/h4-7,12-14H,3,8-11H2,1-2H3. The van der Waals surface area contributed by atoms with Gasteiger partial charge < -0.3 is 19.1 Å². The van der Waals surface area contributed by atoms with E-state index in [9.17, 15) is 0 Å². The minimum atomic E-state index is 0.593. The highest BCUT2D eigenvalue weighted by Gasteiger charge is 2.11. The van der Waals surface area contributed by atoms with Crippen LogP contribution >= 0.6 is 22.6 Å². The predicted molar refractivity (Wildman–Crippen MR) is 114 cm³/mol. The minimum absolute atomic E-state index is 0.593. The molecule has 5 nitrogen and oxygen atoms in total. The van der Waals surface area contributed by atoms with Crippen LogP contribution in [0.4, 0.5) is 11.4 Å². The fourth-order valence-corrected chi connectivity index (χ4v) is 3.69. The molecule has 0 N–H and O–H groups in total. The summed E-state index contributed by atoms with van der Waals surface area (Å²) < 4.78 is 17.5. The zero-order chi connectivity index (χ0) is 18.4. The Bertz CT molecular complexity index is 756. The van der Waals surface area contributed by atoms with Gasteiger partial charge in [-0.25, -0.2) is 0 Å². The van der Waals surface area contributed by atoms with E-state index < -0.39 is 0 Å². The molecule has 0 aromatic heterocycles. The minimum Gasteiger partial charge on any atom is -0.492 e. The summed E-state index contributed by atoms with van der Waals surface area (Å²) in [6.07, 6.45) is 1.86. The molecule has 0 atom stereocenters. The number of ether oxygens (including phenoxy) is 3. The zero-order valence-corrected chi connectivity index (χ0v) is 17.2. The summed E-state index contributed by atoms with van der Waals surface area (Å²) in [5.74, 6) is 1.51. The second-order valence-electron chi connectivity index (χ2n) is 5.84. The Kier molecular flexibility index (Phi) is 6.73. The molecule has 0 aliphatic carbocycles. The molecule has 0 spiro atoms. The largest absolute Gasteiger partial charge is 0.492 e. The fourth-order valence-electron chi connectivity index (χ4n) is 2.84. The second kappa shape index (κ2) is 9.23. The Labute approximate surface area is 168 Å². The summed E-state index contributed by atoms with van der Waals surface area (Å²) in [6, 6.07) is 12.3. The molecule has 1 aliphatic rings. The van der Waals surface area contributed by atoms with Crippen molar-refractivity contribution in [3.05, 3.63) is 45.5 Å². The lowest BCUT2D eigenvalue weighted by Gasteiger charge is -2.28. The van der Waals surface area contributed by atoms with Crippen LogP contribution in [0, 0.1) is 3.57 Å². The maximum atomic E-state index is 5.68. The van der Waals surface area contributed by atoms with Crippen molar-refractivity contribution in [3.8, 4) is 11.5 Å². The molecule has 0 saturated carbocycles. The number of nitrogens with zero attached hydrogens (tertiary/aromatic N) is 2. The van der Waals surface area contributed by atoms with Crippen molar-refractivity contribution in [1.29, 1.82) is 0 Å². The molecule has 2 aromatic carbocycles. The van der Waals surface area contributed by atoms with Crippen molar-refractivity contribution in [2.24, 2.45) is 4.99 Å². The van der Waals surface area contributed by atoms with Gasteiger partial charge in [-0.3, -0.25) is 4.99 Å². The molecule has 0 radical (unpaired) electrons. The average molecular weight is 466 g/mol. The Balaban J connectivity index is 1.74. The molecule has 0 amide bonds. The van der Waals surface area contributed by atoms with Gasteiger partial charge in [-0.05, 0) is 71.5 Å². The maximum Gasteiger partial charge on any atom is 0.174 e. The first kappa shape index (κ1) is 19.0. The first-order chi connectivity index (χ1) is 12.7. The summed E-state index contributed by atoms with van der Waals surface area (Å²) in [6.45, 7) is 6.01. The lowest BCUT2D eigenvalue weighted by atomic mass is 10.2. The molecule has 3 rings (SSSR count). The van der Waals surface area contributed by atoms with E-state index >= 15 is 0 Å². The van der Waals surface area contributed by atoms with E-state index in [1.165, 1.54) is 5.69 Å². The lowest BCUT2D eigenvalue weighted by Crippen LogP contribution is -2.36. The van der Waals surface area contributed by atoms with Crippen LogP contribution in [0.3, 0.4) is 0 Å². The van der Waals surface area contributed by atoms with Crippen LogP contribution in [0.25, 0.3) is 0 Å². The summed E-state index contributed by atoms with van der Waals surface area (Å²) in [7, 11) is 1.66. The van der Waals surface area contributed by atoms with Crippen LogP contribution in [-0.2, 0) is 4.74 Å². The third-order valence-electron chi connectivity index (χ3n) is 4.12. The molecule has 1 heterocycles. The highest BCUT2D eigenvalue weighted by atomic mass is 127. The monoisotopic (exact) mass is 466 g/mol. The second-order valence-corrected chi connectivity index (χ2v) is 7.00. The van der Waals surface area contributed by atoms with Crippen LogP contribution in [0.2, 0.25) is 0 Å². The smallest absolute Gasteiger partial charge is 0.174 e. The van der Waals surface area contributed by atoms with Crippen LogP contribution in [0.1, 0.15) is 12.5 Å². The zero-order valence-electron chi connectivity index (χ0n) is 15.1. The number of rotatable bonds is 6. The van der Waals surface area contributed by atoms with Gasteiger partial charge in [0.15, 0.2) is 11.5 Å². The number of morpholine rings is 1. The highest BCUT2D eigenvalue weighted by Crippen LogP contribution is 2.33. The SMILES string of the molecule is CCOc1cc(C=Nc2ccc(N3CCOCC3)cc2)cc(I)c1OC. The van der Waals surface area contributed by atoms with E-state index in [1.54, 1.807) is 7.11 Å². The van der Waals surface area contributed by atoms with E-state index in [2.05, 4.69) is 44.6 Å². The Morgan fingerprint density at radius 3 is 2.58 bits per heavy atom. The molecule has 1 fully saturated rings. The molecule has 6 heteroatoms. The van der Waals surface area contributed by atoms with Gasteiger partial charge in [0.2, 0.25) is 0 Å². The first-order valence-corrected chi connectivity index (χ1v) is 9.76. The normalized spacial score (nSPS) is 14.7. The maximum absolute atomic E-state index is 5.68. The van der Waals surface area contributed by atoms with Gasteiger partial charge >= 0.3 is 0 Å². The van der Waals surface area contributed by atoms with Crippen LogP contribution in [-0.4, -0.2) is 46.2 Å². The molecule has 26 heavy (non-hydrogen) atoms. The lowest BCUT2D eigenvalue weighted by molar-refractivity contribution is 0.122. The molecule has 1 aliphatic heterocycles. The third kappa shape index (κ3) is 4.67. The molecular weight excluding hydrogens is 443 g/mol. The molecular formula is C20H23IN2O3. The first-order valence-electron chi connectivity index (χ1n) is 8.68. The van der Waals surface area contributed by atoms with Crippen LogP contribution < -0.4 is 14.4 Å². The van der Waals surface area contributed by atoms with Gasteiger partial charge in [-0.1, -0.05) is 0 Å². The Hall–Kier alpha value is -1.80. The Morgan fingerprint density at radius 1 is 1.19 bits per heavy atom. The van der Waals surface area contributed by atoms with Gasteiger partial charge in [-0.15, -0.1) is 0 Å². The number of hydrogen-bond acceptors (Lipinski definition) is 5. The number of methoxy groups -OCH3 is 1. The van der Waals surface area contributed by atoms with E-state index in [1.807, 2.05) is 37.4 Å². The molecule has 0 unspecified atom stereocenters. The summed E-state index contributed by atoms with van der Waals surface area (Å²) >= 11 is 2.25. The van der Waals surface area contributed by atoms with Crippen molar-refractivity contribution in [2.45, 2.75) is 6.92 Å². The molecule has 0 bridgehead atoms. The molecule has 1 saturated heterocycles. The predicted octanol–water partition coefficient (Wildman–Crippen LogP) is 4.29. The number of anilines is 1. The van der Waals surface area contributed by atoms with Gasteiger partial charge in [0.1, 0.15) is 0 Å². The van der Waals surface area contributed by atoms with Gasteiger partial charge in [0.25, 0.3) is 0 Å². The summed E-state index contributed by atoms with van der Waals surface area (Å²) in [4.78, 5) is 6.92. The van der Waals surface area contributed by atoms with E-state index in [0.717, 1.165) is 52.6 Å². The third-order valence-corrected chi connectivity index (χ3v) is 4.93. The van der Waals surface area contributed by atoms with Crippen molar-refractivity contribution < 1.29 is 14.2 Å². The van der Waals surface area contributed by atoms with Crippen LogP contribution in [0.15, 0.2) is 41.4 Å². The number of benzene rings is 2. The van der Waals surface area contributed by atoms with Gasteiger partial charge in [-0.2, -0.15) is 0 Å². The number of hydrogen-bond donors (Lipinski definition) is 0. The van der Waals surface area contributed by atoms with Crippen LogP contribution in [0.5, 0.6) is 11.5 Å². The van der Waals surface area contributed by atoms with Gasteiger partial charge in [0, 0.05) is 25.0 Å². The van der Waals surface area contributed by atoms with Crippen molar-refractivity contribution in [2.75, 3.05) is 44.9 Å². The van der Waals surface area contributed by atoms with E-state index in [4.69, 9.17) is 14.2 Å². The fraction of sp³-hybridized carbons (Fsp3) is 0.350. The highest BCUT2D eigenvalue weighted by molar-refractivity contribution is 14.1. The number of aliphatic imine (C=N–C) groups is 1. The average Bonchev–Trinajstić information content (AvgIpc) is 2.68. The van der Waals surface area contributed by atoms with E-state index in [-0.39, 0.29) is 0 Å². The summed E-state index contributed by atoms with van der Waals surface area (Å²) in [5, 5.41) is 0. The topological polar surface area (TPSA) is 43.3 Å². The van der Waals surface area contributed by atoms with Crippen molar-refractivity contribution in [1.82, 2.24) is 0 Å². The summed E-state index contributed by atoms with van der Waals surface area (Å²) in [5.41, 5.74) is 3.12. The quantitative estimate of drug-likeness (QED) is 0.471. The molecule has 138 valence electrons. The van der Waals surface area contributed by atoms with Gasteiger partial charge in [0.05, 0.1) is 36.2 Å². The Morgan fingerprint density at radius 2 is 1.92 bits per heavy atom. The van der Waals surface area contributed by atoms with E-state index in [0.29, 0.717) is 6.61 Å².